The molecule has 3 N–H and O–H groups in total. The Bertz CT molecular complexity index is 714. The molecule has 3 rings (SSSR count). The van der Waals surface area contributed by atoms with Crippen LogP contribution in [0.25, 0.3) is 11.4 Å². The Kier molecular flexibility index (Phi) is 4.71. The van der Waals surface area contributed by atoms with Crippen molar-refractivity contribution in [2.24, 2.45) is 11.1 Å². The van der Waals surface area contributed by atoms with Crippen LogP contribution in [0.3, 0.4) is 0 Å². The number of carbonyl (C=O) groups is 1. The first-order valence-electron chi connectivity index (χ1n) is 7.97. The number of rotatable bonds is 5. The van der Waals surface area contributed by atoms with Gasteiger partial charge in [0, 0.05) is 49.5 Å². The summed E-state index contributed by atoms with van der Waals surface area (Å²) in [7, 11) is 0. The number of aryl methyl sites for hydroxylation is 1. The maximum Gasteiger partial charge on any atom is 0.225 e. The van der Waals surface area contributed by atoms with E-state index in [0.717, 1.165) is 11.3 Å². The van der Waals surface area contributed by atoms with Gasteiger partial charge in [0.25, 0.3) is 0 Å². The minimum Gasteiger partial charge on any atom is -0.381 e. The Balaban J connectivity index is 1.80. The van der Waals surface area contributed by atoms with Crippen molar-refractivity contribution in [3.63, 3.8) is 0 Å². The lowest BCUT2D eigenvalue weighted by atomic mass is 9.79. The van der Waals surface area contributed by atoms with Crippen LogP contribution in [-0.2, 0) is 9.53 Å². The van der Waals surface area contributed by atoms with E-state index in [1.165, 1.54) is 0 Å². The van der Waals surface area contributed by atoms with E-state index in [2.05, 4.69) is 20.3 Å². The Labute approximate surface area is 140 Å². The molecule has 0 bridgehead atoms. The third-order valence-electron chi connectivity index (χ3n) is 4.35. The van der Waals surface area contributed by atoms with Gasteiger partial charge in [0.05, 0.1) is 5.41 Å². The minimum absolute atomic E-state index is 0.295. The Morgan fingerprint density at radius 3 is 2.83 bits per heavy atom. The van der Waals surface area contributed by atoms with Crippen LogP contribution in [-0.4, -0.2) is 40.6 Å². The summed E-state index contributed by atoms with van der Waals surface area (Å²) >= 11 is 0. The molecule has 0 aliphatic carbocycles. The molecule has 2 aromatic heterocycles. The SMILES string of the molecule is Cc1cc(NCC2(C(N)=O)CCOCC2)nc(-c2cccnc2)n1. The third kappa shape index (κ3) is 3.51. The van der Waals surface area contributed by atoms with Crippen molar-refractivity contribution in [2.75, 3.05) is 25.1 Å². The van der Waals surface area contributed by atoms with Crippen molar-refractivity contribution in [2.45, 2.75) is 19.8 Å². The number of hydrogen-bond acceptors (Lipinski definition) is 6. The molecule has 2 aromatic rings. The lowest BCUT2D eigenvalue weighted by Crippen LogP contribution is -2.46. The molecule has 7 nitrogen and oxygen atoms in total. The predicted octanol–water partition coefficient (Wildman–Crippen LogP) is 1.54. The number of nitrogens with two attached hydrogens (primary N) is 1. The molecule has 1 aliphatic rings. The molecule has 1 fully saturated rings. The quantitative estimate of drug-likeness (QED) is 0.863. The molecule has 1 amide bonds. The van der Waals surface area contributed by atoms with Gasteiger partial charge in [-0.15, -0.1) is 0 Å². The van der Waals surface area contributed by atoms with Gasteiger partial charge in [-0.1, -0.05) is 0 Å². The van der Waals surface area contributed by atoms with Gasteiger partial charge >= 0.3 is 0 Å². The summed E-state index contributed by atoms with van der Waals surface area (Å²) in [5.41, 5.74) is 6.74. The van der Waals surface area contributed by atoms with E-state index < -0.39 is 5.41 Å². The Hall–Kier alpha value is -2.54. The molecule has 0 aromatic carbocycles. The molecule has 0 atom stereocenters. The highest BCUT2D eigenvalue weighted by Gasteiger charge is 2.38. The van der Waals surface area contributed by atoms with Crippen molar-refractivity contribution in [3.05, 3.63) is 36.3 Å². The Morgan fingerprint density at radius 1 is 1.38 bits per heavy atom. The molecule has 0 radical (unpaired) electrons. The highest BCUT2D eigenvalue weighted by molar-refractivity contribution is 5.81. The second-order valence-corrected chi connectivity index (χ2v) is 6.07. The number of aromatic nitrogens is 3. The molecule has 1 aliphatic heterocycles. The van der Waals surface area contributed by atoms with Crippen molar-refractivity contribution in [3.8, 4) is 11.4 Å². The standard InChI is InChI=1S/C17H21N5O2/c1-12-9-14(22-15(21-12)13-3-2-6-19-10-13)20-11-17(16(18)23)4-7-24-8-5-17/h2-3,6,9-10H,4-5,7-8,11H2,1H3,(H2,18,23)(H,20,21,22). The fourth-order valence-corrected chi connectivity index (χ4v) is 2.82. The van der Waals surface area contributed by atoms with Crippen LogP contribution in [0.4, 0.5) is 5.82 Å². The number of carbonyl (C=O) groups excluding carboxylic acids is 1. The molecule has 1 saturated heterocycles. The third-order valence-corrected chi connectivity index (χ3v) is 4.35. The van der Waals surface area contributed by atoms with Gasteiger partial charge in [-0.05, 0) is 31.9 Å². The topological polar surface area (TPSA) is 103 Å². The number of nitrogens with one attached hydrogen (secondary N) is 1. The first kappa shape index (κ1) is 16.3. The smallest absolute Gasteiger partial charge is 0.225 e. The van der Waals surface area contributed by atoms with Crippen molar-refractivity contribution < 1.29 is 9.53 Å². The summed E-state index contributed by atoms with van der Waals surface area (Å²) in [6.45, 7) is 3.45. The van der Waals surface area contributed by atoms with Crippen LogP contribution in [0, 0.1) is 12.3 Å². The zero-order valence-corrected chi connectivity index (χ0v) is 13.7. The molecule has 0 saturated carbocycles. The van der Waals surface area contributed by atoms with E-state index in [1.54, 1.807) is 12.4 Å². The lowest BCUT2D eigenvalue weighted by molar-refractivity contribution is -0.132. The van der Waals surface area contributed by atoms with Crippen LogP contribution in [0.2, 0.25) is 0 Å². The first-order valence-corrected chi connectivity index (χ1v) is 7.97. The summed E-state index contributed by atoms with van der Waals surface area (Å²) in [6.07, 6.45) is 4.67. The van der Waals surface area contributed by atoms with E-state index >= 15 is 0 Å². The molecule has 0 spiro atoms. The van der Waals surface area contributed by atoms with E-state index in [1.807, 2.05) is 25.1 Å². The molecular formula is C17H21N5O2. The number of amides is 1. The van der Waals surface area contributed by atoms with Crippen LogP contribution >= 0.6 is 0 Å². The zero-order chi connectivity index (χ0) is 17.0. The highest BCUT2D eigenvalue weighted by atomic mass is 16.5. The number of pyridine rings is 1. The molecular weight excluding hydrogens is 306 g/mol. The molecule has 3 heterocycles. The predicted molar refractivity (Wildman–Crippen MR) is 90.2 cm³/mol. The van der Waals surface area contributed by atoms with Crippen molar-refractivity contribution in [1.82, 2.24) is 15.0 Å². The van der Waals surface area contributed by atoms with Crippen molar-refractivity contribution >= 4 is 11.7 Å². The second kappa shape index (κ2) is 6.92. The summed E-state index contributed by atoms with van der Waals surface area (Å²) < 4.78 is 5.35. The average Bonchev–Trinajstić information content (AvgIpc) is 2.61. The van der Waals surface area contributed by atoms with E-state index in [9.17, 15) is 4.79 Å². The maximum atomic E-state index is 11.9. The normalized spacial score (nSPS) is 16.5. The number of ether oxygens (including phenoxy) is 1. The highest BCUT2D eigenvalue weighted by Crippen LogP contribution is 2.30. The maximum absolute atomic E-state index is 11.9. The molecule has 0 unspecified atom stereocenters. The zero-order valence-electron chi connectivity index (χ0n) is 13.7. The molecule has 7 heteroatoms. The summed E-state index contributed by atoms with van der Waals surface area (Å²) in [4.78, 5) is 25.0. The van der Waals surface area contributed by atoms with Gasteiger partial charge in [0.2, 0.25) is 5.91 Å². The first-order chi connectivity index (χ1) is 11.6. The van der Waals surface area contributed by atoms with E-state index in [0.29, 0.717) is 44.2 Å². The number of nitrogens with zero attached hydrogens (tertiary/aromatic N) is 3. The largest absolute Gasteiger partial charge is 0.381 e. The molecule has 126 valence electrons. The van der Waals surface area contributed by atoms with E-state index in [-0.39, 0.29) is 5.91 Å². The van der Waals surface area contributed by atoms with Crippen molar-refractivity contribution in [1.29, 1.82) is 0 Å². The van der Waals surface area contributed by atoms with Crippen LogP contribution in [0.15, 0.2) is 30.6 Å². The number of anilines is 1. The summed E-state index contributed by atoms with van der Waals surface area (Å²) in [5.74, 6) is 0.982. The van der Waals surface area contributed by atoms with Gasteiger partial charge < -0.3 is 15.8 Å². The van der Waals surface area contributed by atoms with Gasteiger partial charge in [-0.3, -0.25) is 9.78 Å². The number of primary amides is 1. The lowest BCUT2D eigenvalue weighted by Gasteiger charge is -2.34. The Morgan fingerprint density at radius 2 is 2.17 bits per heavy atom. The molecule has 24 heavy (non-hydrogen) atoms. The van der Waals surface area contributed by atoms with E-state index in [4.69, 9.17) is 10.5 Å². The van der Waals surface area contributed by atoms with Gasteiger partial charge in [0.15, 0.2) is 5.82 Å². The average molecular weight is 327 g/mol. The van der Waals surface area contributed by atoms with Crippen LogP contribution in [0.1, 0.15) is 18.5 Å². The second-order valence-electron chi connectivity index (χ2n) is 6.07. The fourth-order valence-electron chi connectivity index (χ4n) is 2.82. The summed E-state index contributed by atoms with van der Waals surface area (Å²) in [5, 5.41) is 3.26. The van der Waals surface area contributed by atoms with Gasteiger partial charge in [0.1, 0.15) is 5.82 Å². The monoisotopic (exact) mass is 327 g/mol. The van der Waals surface area contributed by atoms with Crippen LogP contribution in [0.5, 0.6) is 0 Å². The number of hydrogen-bond donors (Lipinski definition) is 2. The fraction of sp³-hybridized carbons (Fsp3) is 0.412. The minimum atomic E-state index is -0.592. The van der Waals surface area contributed by atoms with Gasteiger partial charge in [-0.2, -0.15) is 0 Å². The summed E-state index contributed by atoms with van der Waals surface area (Å²) in [6, 6.07) is 5.61. The van der Waals surface area contributed by atoms with Gasteiger partial charge in [-0.25, -0.2) is 9.97 Å². The van der Waals surface area contributed by atoms with Crippen LogP contribution < -0.4 is 11.1 Å².